The molecule has 0 saturated carbocycles. The van der Waals surface area contributed by atoms with Crippen molar-refractivity contribution in [3.05, 3.63) is 112 Å². The number of aromatic nitrogens is 2. The van der Waals surface area contributed by atoms with E-state index in [4.69, 9.17) is 22.1 Å². The minimum Gasteiger partial charge on any atom is -0.448 e. The molecule has 1 saturated heterocycles. The van der Waals surface area contributed by atoms with Crippen LogP contribution in [0, 0.1) is 0 Å². The second-order valence-corrected chi connectivity index (χ2v) is 13.5. The van der Waals surface area contributed by atoms with Gasteiger partial charge in [-0.3, -0.25) is 4.79 Å². The van der Waals surface area contributed by atoms with Gasteiger partial charge >= 0.3 is 6.09 Å². The van der Waals surface area contributed by atoms with Crippen LogP contribution < -0.4 is 10.6 Å². The third-order valence-corrected chi connectivity index (χ3v) is 10.4. The highest BCUT2D eigenvalue weighted by Crippen LogP contribution is 2.45. The number of nitrogens with two attached hydrogens (primary N) is 1. The van der Waals surface area contributed by atoms with Gasteiger partial charge in [0.05, 0.1) is 17.7 Å². The summed E-state index contributed by atoms with van der Waals surface area (Å²) in [6.07, 6.45) is 1.06. The maximum atomic E-state index is 14.3. The number of aliphatic hydroxyl groups is 1. The molecule has 1 fully saturated rings. The summed E-state index contributed by atoms with van der Waals surface area (Å²) in [4.78, 5) is 42.6. The highest BCUT2D eigenvalue weighted by molar-refractivity contribution is 6.30. The van der Waals surface area contributed by atoms with Crippen LogP contribution >= 0.6 is 11.6 Å². The predicted octanol–water partition coefficient (Wildman–Crippen LogP) is 5.31. The zero-order chi connectivity index (χ0) is 34.1. The van der Waals surface area contributed by atoms with Gasteiger partial charge in [0.2, 0.25) is 5.91 Å². The Morgan fingerprint density at radius 2 is 1.63 bits per heavy atom. The van der Waals surface area contributed by atoms with Gasteiger partial charge in [-0.25, -0.2) is 14.8 Å². The van der Waals surface area contributed by atoms with Crippen molar-refractivity contribution in [3.8, 4) is 11.1 Å². The molecule has 10 nitrogen and oxygen atoms in total. The molecular weight excluding hydrogens is 640 g/mol. The van der Waals surface area contributed by atoms with E-state index in [0.717, 1.165) is 39.2 Å². The third-order valence-electron chi connectivity index (χ3n) is 10.1. The lowest BCUT2D eigenvalue weighted by molar-refractivity contribution is -0.133. The number of amides is 2. The Balaban J connectivity index is 1.07. The van der Waals surface area contributed by atoms with Crippen molar-refractivity contribution in [2.45, 2.75) is 37.2 Å². The first kappa shape index (κ1) is 33.0. The Morgan fingerprint density at radius 1 is 0.980 bits per heavy atom. The molecule has 0 radical (unpaired) electrons. The fraction of sp³-hybridized carbons (Fsp3) is 0.368. The van der Waals surface area contributed by atoms with Gasteiger partial charge in [-0.2, -0.15) is 0 Å². The SMILES string of the molecule is C[C@@H]1C[C@@H](O)c2ncnc(N3CCN(C(=O)[C@H](CN(CCN)C(=O)OCC4c5ccccc5-c5ccccc54)c4ccc(Cl)cc4)CC3)c21. The first-order valence-electron chi connectivity index (χ1n) is 17.0. The minimum absolute atomic E-state index is 0.0767. The molecule has 1 aromatic heterocycles. The molecule has 49 heavy (non-hydrogen) atoms. The van der Waals surface area contributed by atoms with E-state index in [1.165, 1.54) is 6.33 Å². The number of fused-ring (bicyclic) bond motifs is 4. The summed E-state index contributed by atoms with van der Waals surface area (Å²) >= 11 is 6.23. The fourth-order valence-electron chi connectivity index (χ4n) is 7.65. The standard InChI is InChI=1S/C38H41ClN6O4/c1-24-20-33(46)35-34(24)36(42-23-41-35)43-16-18-44(19-17-43)37(47)31(25-10-12-26(39)13-11-25)21-45(15-14-40)38(48)49-22-32-29-8-4-2-6-27(29)28-7-3-5-9-30(28)32/h2-13,23-24,31-33,46H,14-22,40H2,1H3/t24-,31-,33-/m1/s1. The maximum Gasteiger partial charge on any atom is 0.409 e. The number of nitrogens with zero attached hydrogens (tertiary/aromatic N) is 5. The first-order valence-corrected chi connectivity index (χ1v) is 17.3. The van der Waals surface area contributed by atoms with Crippen molar-refractivity contribution >= 4 is 29.4 Å². The number of carbonyl (C=O) groups is 2. The quantitative estimate of drug-likeness (QED) is 0.244. The van der Waals surface area contributed by atoms with E-state index < -0.39 is 18.1 Å². The highest BCUT2D eigenvalue weighted by Gasteiger charge is 2.36. The molecule has 1 aliphatic heterocycles. The molecule has 2 aliphatic carbocycles. The van der Waals surface area contributed by atoms with Gasteiger partial charge in [-0.05, 0) is 52.3 Å². The zero-order valence-corrected chi connectivity index (χ0v) is 28.3. The van der Waals surface area contributed by atoms with Crippen LogP contribution in [0.4, 0.5) is 10.6 Å². The summed E-state index contributed by atoms with van der Waals surface area (Å²) in [7, 11) is 0. The smallest absolute Gasteiger partial charge is 0.409 e. The highest BCUT2D eigenvalue weighted by atomic mass is 35.5. The average molecular weight is 681 g/mol. The zero-order valence-electron chi connectivity index (χ0n) is 27.5. The Kier molecular flexibility index (Phi) is 9.53. The summed E-state index contributed by atoms with van der Waals surface area (Å²) in [6, 6.07) is 23.6. The lowest BCUT2D eigenvalue weighted by Crippen LogP contribution is -2.52. The van der Waals surface area contributed by atoms with E-state index in [1.807, 2.05) is 41.3 Å². The topological polar surface area (TPSA) is 125 Å². The second kappa shape index (κ2) is 14.2. The fourth-order valence-corrected chi connectivity index (χ4v) is 7.78. The molecule has 0 bridgehead atoms. The normalized spacial score (nSPS) is 18.9. The summed E-state index contributed by atoms with van der Waals surface area (Å²) in [6.45, 7) is 4.99. The Morgan fingerprint density at radius 3 is 2.29 bits per heavy atom. The number of anilines is 1. The van der Waals surface area contributed by atoms with E-state index >= 15 is 0 Å². The van der Waals surface area contributed by atoms with Crippen molar-refractivity contribution in [3.63, 3.8) is 0 Å². The molecule has 3 atom stereocenters. The molecule has 0 spiro atoms. The molecule has 11 heteroatoms. The van der Waals surface area contributed by atoms with Gasteiger partial charge in [0.1, 0.15) is 18.8 Å². The molecule has 254 valence electrons. The number of rotatable bonds is 9. The second-order valence-electron chi connectivity index (χ2n) is 13.1. The molecule has 0 unspecified atom stereocenters. The van der Waals surface area contributed by atoms with E-state index in [0.29, 0.717) is 43.3 Å². The van der Waals surface area contributed by atoms with Crippen LogP contribution in [-0.2, 0) is 9.53 Å². The van der Waals surface area contributed by atoms with Crippen LogP contribution in [0.15, 0.2) is 79.1 Å². The van der Waals surface area contributed by atoms with Gasteiger partial charge in [-0.15, -0.1) is 0 Å². The molecule has 7 rings (SSSR count). The Labute approximate surface area is 291 Å². The van der Waals surface area contributed by atoms with E-state index in [-0.39, 0.29) is 44.0 Å². The van der Waals surface area contributed by atoms with Gasteiger partial charge in [0.25, 0.3) is 0 Å². The van der Waals surface area contributed by atoms with Crippen molar-refractivity contribution in [2.24, 2.45) is 5.73 Å². The van der Waals surface area contributed by atoms with Crippen LogP contribution in [0.3, 0.4) is 0 Å². The van der Waals surface area contributed by atoms with Crippen LogP contribution in [0.2, 0.25) is 5.02 Å². The number of halogens is 1. The summed E-state index contributed by atoms with van der Waals surface area (Å²) in [5.41, 5.74) is 13.0. The largest absolute Gasteiger partial charge is 0.448 e. The number of carbonyl (C=O) groups excluding carboxylic acids is 2. The van der Waals surface area contributed by atoms with Crippen molar-refractivity contribution in [1.29, 1.82) is 0 Å². The lowest BCUT2D eigenvalue weighted by Gasteiger charge is -2.38. The first-order chi connectivity index (χ1) is 23.8. The van der Waals surface area contributed by atoms with Crippen LogP contribution in [-0.4, -0.2) is 89.3 Å². The van der Waals surface area contributed by atoms with Crippen LogP contribution in [0.5, 0.6) is 0 Å². The van der Waals surface area contributed by atoms with Crippen molar-refractivity contribution in [2.75, 3.05) is 57.3 Å². The predicted molar refractivity (Wildman–Crippen MR) is 189 cm³/mol. The summed E-state index contributed by atoms with van der Waals surface area (Å²) in [5.74, 6) is 0.186. The monoisotopic (exact) mass is 680 g/mol. The van der Waals surface area contributed by atoms with Gasteiger partial charge in [0.15, 0.2) is 0 Å². The number of hydrogen-bond donors (Lipinski definition) is 2. The van der Waals surface area contributed by atoms with E-state index in [1.54, 1.807) is 17.0 Å². The average Bonchev–Trinajstić information content (AvgIpc) is 3.61. The Hall–Kier alpha value is -4.51. The van der Waals surface area contributed by atoms with Crippen molar-refractivity contribution in [1.82, 2.24) is 19.8 Å². The molecular formula is C38H41ClN6O4. The summed E-state index contributed by atoms with van der Waals surface area (Å²) in [5, 5.41) is 11.0. The molecule has 2 heterocycles. The molecule has 4 aromatic rings. The Bertz CT molecular complexity index is 1780. The number of benzene rings is 3. The molecule has 3 aromatic carbocycles. The minimum atomic E-state index is -0.644. The van der Waals surface area contributed by atoms with Gasteiger partial charge in [0, 0.05) is 62.3 Å². The number of aliphatic hydroxyl groups excluding tert-OH is 1. The maximum absolute atomic E-state index is 14.3. The number of hydrogen-bond acceptors (Lipinski definition) is 8. The number of ether oxygens (including phenoxy) is 1. The third kappa shape index (κ3) is 6.48. The van der Waals surface area contributed by atoms with Crippen LogP contribution in [0.25, 0.3) is 11.1 Å². The number of piperazine rings is 1. The van der Waals surface area contributed by atoms with E-state index in [9.17, 15) is 14.7 Å². The van der Waals surface area contributed by atoms with Gasteiger partial charge < -0.3 is 30.3 Å². The molecule has 2 amide bonds. The van der Waals surface area contributed by atoms with Gasteiger partial charge in [-0.1, -0.05) is 79.2 Å². The lowest BCUT2D eigenvalue weighted by atomic mass is 9.96. The van der Waals surface area contributed by atoms with E-state index in [2.05, 4.69) is 46.1 Å². The molecule has 3 aliphatic rings. The molecule has 3 N–H and O–H groups in total. The summed E-state index contributed by atoms with van der Waals surface area (Å²) < 4.78 is 6.00. The van der Waals surface area contributed by atoms with Crippen molar-refractivity contribution < 1.29 is 19.4 Å². The van der Waals surface area contributed by atoms with Crippen LogP contribution in [0.1, 0.15) is 65.1 Å².